The first-order chi connectivity index (χ1) is 12.9. The smallest absolute Gasteiger partial charge is 0.225 e. The van der Waals surface area contributed by atoms with Crippen LogP contribution in [0.25, 0.3) is 0 Å². The minimum absolute atomic E-state index is 0.0361. The lowest BCUT2D eigenvalue weighted by Crippen LogP contribution is -2.49. The van der Waals surface area contributed by atoms with E-state index in [1.54, 1.807) is 18.4 Å². The largest absolute Gasteiger partial charge is 0.378 e. The number of rotatable bonds is 5. The van der Waals surface area contributed by atoms with Crippen molar-refractivity contribution in [3.8, 4) is 0 Å². The van der Waals surface area contributed by atoms with Gasteiger partial charge >= 0.3 is 0 Å². The molecule has 0 aromatic carbocycles. The van der Waals surface area contributed by atoms with Gasteiger partial charge in [0.25, 0.3) is 0 Å². The maximum absolute atomic E-state index is 12.7. The fourth-order valence-electron chi connectivity index (χ4n) is 4.78. The van der Waals surface area contributed by atoms with E-state index in [9.17, 15) is 9.59 Å². The van der Waals surface area contributed by atoms with Crippen molar-refractivity contribution in [3.63, 3.8) is 0 Å². The number of piperidine rings is 1. The third-order valence-electron chi connectivity index (χ3n) is 6.77. The zero-order valence-electron chi connectivity index (χ0n) is 16.3. The summed E-state index contributed by atoms with van der Waals surface area (Å²) in [5.74, 6) is 0.443. The predicted molar refractivity (Wildman–Crippen MR) is 103 cm³/mol. The average molecular weight is 392 g/mol. The van der Waals surface area contributed by atoms with Crippen molar-refractivity contribution in [3.05, 3.63) is 16.1 Å². The number of thiazole rings is 1. The normalized spacial score (nSPS) is 23.7. The number of ether oxygens (including phenoxy) is 1. The summed E-state index contributed by atoms with van der Waals surface area (Å²) in [6.45, 7) is 4.92. The summed E-state index contributed by atoms with van der Waals surface area (Å²) < 4.78 is 5.61. The quantitative estimate of drug-likeness (QED) is 0.774. The molecule has 0 bridgehead atoms. The van der Waals surface area contributed by atoms with Gasteiger partial charge in [-0.05, 0) is 39.0 Å². The summed E-state index contributed by atoms with van der Waals surface area (Å²) in [5.41, 5.74) is 0.813. The molecular formula is C20H29N3O3S. The van der Waals surface area contributed by atoms with Gasteiger partial charge in [0, 0.05) is 44.0 Å². The minimum Gasteiger partial charge on any atom is -0.378 e. The first-order valence-corrected chi connectivity index (χ1v) is 10.8. The molecule has 1 aromatic heterocycles. The number of amides is 2. The molecule has 3 fully saturated rings. The first-order valence-electron chi connectivity index (χ1n) is 9.94. The lowest BCUT2D eigenvalue weighted by molar-refractivity contribution is -0.146. The first kappa shape index (κ1) is 18.9. The van der Waals surface area contributed by atoms with Gasteiger partial charge in [-0.25, -0.2) is 4.98 Å². The van der Waals surface area contributed by atoms with E-state index in [0.717, 1.165) is 62.4 Å². The van der Waals surface area contributed by atoms with Crippen LogP contribution < -0.4 is 0 Å². The van der Waals surface area contributed by atoms with E-state index in [4.69, 9.17) is 4.74 Å². The van der Waals surface area contributed by atoms with Crippen LogP contribution >= 0.6 is 11.3 Å². The molecule has 1 aromatic rings. The molecule has 148 valence electrons. The van der Waals surface area contributed by atoms with Crippen molar-refractivity contribution in [1.82, 2.24) is 14.8 Å². The fraction of sp³-hybridized carbons (Fsp3) is 0.750. The fourth-order valence-corrected chi connectivity index (χ4v) is 5.38. The highest BCUT2D eigenvalue weighted by atomic mass is 32.1. The molecule has 7 heteroatoms. The molecule has 27 heavy (non-hydrogen) atoms. The highest BCUT2D eigenvalue weighted by molar-refractivity contribution is 7.09. The number of carbonyl (C=O) groups excluding carboxylic acids is 2. The number of hydrogen-bond acceptors (Lipinski definition) is 5. The SMILES string of the molecule is COC1(CC(=O)N2CCC3(CC2)CC(=O)N(Cc2csc(C)n2)C3)CCC1. The predicted octanol–water partition coefficient (Wildman–Crippen LogP) is 2.75. The number of aromatic nitrogens is 1. The molecule has 3 aliphatic rings. The van der Waals surface area contributed by atoms with Gasteiger partial charge in [-0.2, -0.15) is 0 Å². The van der Waals surface area contributed by atoms with Gasteiger partial charge in [0.05, 0.1) is 29.3 Å². The standard InChI is InChI=1S/C20H29N3O3S/c1-15-21-16(13-27-15)12-23-14-19(10-17(23)24)6-8-22(9-7-19)18(25)11-20(26-2)4-3-5-20/h13H,3-12,14H2,1-2H3. The summed E-state index contributed by atoms with van der Waals surface area (Å²) in [6, 6.07) is 0. The summed E-state index contributed by atoms with van der Waals surface area (Å²) in [6.07, 6.45) is 6.08. The van der Waals surface area contributed by atoms with Crippen LogP contribution in [0.1, 0.15) is 55.6 Å². The molecule has 0 N–H and O–H groups in total. The highest BCUT2D eigenvalue weighted by Gasteiger charge is 2.46. The topological polar surface area (TPSA) is 62.7 Å². The van der Waals surface area contributed by atoms with Gasteiger partial charge in [-0.1, -0.05) is 0 Å². The zero-order chi connectivity index (χ0) is 19.1. The Morgan fingerprint density at radius 2 is 2.04 bits per heavy atom. The molecular weight excluding hydrogens is 362 g/mol. The highest BCUT2D eigenvalue weighted by Crippen LogP contribution is 2.43. The number of likely N-dealkylation sites (tertiary alicyclic amines) is 2. The lowest BCUT2D eigenvalue weighted by atomic mass is 9.75. The van der Waals surface area contributed by atoms with Crippen LogP contribution in [0.4, 0.5) is 0 Å². The van der Waals surface area contributed by atoms with Gasteiger partial charge < -0.3 is 14.5 Å². The molecule has 0 radical (unpaired) electrons. The molecule has 0 unspecified atom stereocenters. The Morgan fingerprint density at radius 3 is 2.59 bits per heavy atom. The molecule has 4 rings (SSSR count). The van der Waals surface area contributed by atoms with Crippen LogP contribution in [-0.4, -0.2) is 58.9 Å². The molecule has 1 saturated carbocycles. The Kier molecular flexibility index (Phi) is 5.01. The summed E-state index contributed by atoms with van der Waals surface area (Å²) >= 11 is 1.63. The third kappa shape index (κ3) is 3.76. The molecule has 3 heterocycles. The second-order valence-corrected chi connectivity index (χ2v) is 9.64. The third-order valence-corrected chi connectivity index (χ3v) is 7.59. The van der Waals surface area contributed by atoms with Crippen molar-refractivity contribution in [2.24, 2.45) is 5.41 Å². The molecule has 2 saturated heterocycles. The number of hydrogen-bond donors (Lipinski definition) is 0. The molecule has 1 spiro atoms. The summed E-state index contributed by atoms with van der Waals surface area (Å²) in [7, 11) is 1.72. The van der Waals surface area contributed by atoms with Gasteiger partial charge in [0.2, 0.25) is 11.8 Å². The minimum atomic E-state index is -0.210. The second kappa shape index (κ2) is 7.17. The Hall–Kier alpha value is -1.47. The van der Waals surface area contributed by atoms with Gasteiger partial charge in [-0.15, -0.1) is 11.3 Å². The molecule has 0 atom stereocenters. The van der Waals surface area contributed by atoms with Crippen LogP contribution in [0, 0.1) is 12.3 Å². The summed E-state index contributed by atoms with van der Waals surface area (Å²) in [4.78, 5) is 33.7. The molecule has 2 amide bonds. The number of methoxy groups -OCH3 is 1. The maximum atomic E-state index is 12.7. The van der Waals surface area contributed by atoms with E-state index >= 15 is 0 Å². The van der Waals surface area contributed by atoms with E-state index in [0.29, 0.717) is 19.4 Å². The van der Waals surface area contributed by atoms with E-state index < -0.39 is 0 Å². The summed E-state index contributed by atoms with van der Waals surface area (Å²) in [5, 5.41) is 3.08. The van der Waals surface area contributed by atoms with E-state index in [1.807, 2.05) is 22.1 Å². The van der Waals surface area contributed by atoms with Crippen molar-refractivity contribution in [2.75, 3.05) is 26.7 Å². The molecule has 2 aliphatic heterocycles. The van der Waals surface area contributed by atoms with E-state index in [1.165, 1.54) is 0 Å². The van der Waals surface area contributed by atoms with Crippen LogP contribution in [0.5, 0.6) is 0 Å². The molecule has 6 nitrogen and oxygen atoms in total. The zero-order valence-corrected chi connectivity index (χ0v) is 17.1. The van der Waals surface area contributed by atoms with Crippen LogP contribution in [-0.2, 0) is 20.9 Å². The van der Waals surface area contributed by atoms with Gasteiger partial charge in [-0.3, -0.25) is 9.59 Å². The van der Waals surface area contributed by atoms with Gasteiger partial charge in [0.15, 0.2) is 0 Å². The van der Waals surface area contributed by atoms with Crippen molar-refractivity contribution in [2.45, 2.75) is 64.0 Å². The number of carbonyl (C=O) groups is 2. The molecule has 1 aliphatic carbocycles. The van der Waals surface area contributed by atoms with Crippen molar-refractivity contribution < 1.29 is 14.3 Å². The van der Waals surface area contributed by atoms with Crippen molar-refractivity contribution >= 4 is 23.2 Å². The van der Waals surface area contributed by atoms with E-state index in [-0.39, 0.29) is 22.8 Å². The monoisotopic (exact) mass is 391 g/mol. The Balaban J connectivity index is 1.32. The van der Waals surface area contributed by atoms with Crippen LogP contribution in [0.15, 0.2) is 5.38 Å². The van der Waals surface area contributed by atoms with Crippen molar-refractivity contribution in [1.29, 1.82) is 0 Å². The van der Waals surface area contributed by atoms with Gasteiger partial charge in [0.1, 0.15) is 0 Å². The average Bonchev–Trinajstić information content (AvgIpc) is 3.15. The Bertz CT molecular complexity index is 714. The van der Waals surface area contributed by atoms with Crippen LogP contribution in [0.2, 0.25) is 0 Å². The van der Waals surface area contributed by atoms with E-state index in [2.05, 4.69) is 4.98 Å². The van der Waals surface area contributed by atoms with Crippen LogP contribution in [0.3, 0.4) is 0 Å². The lowest BCUT2D eigenvalue weighted by Gasteiger charge is -2.43. The Labute approximate surface area is 164 Å². The maximum Gasteiger partial charge on any atom is 0.225 e. The second-order valence-electron chi connectivity index (χ2n) is 8.58. The number of nitrogens with zero attached hydrogens (tertiary/aromatic N) is 3. The number of aryl methyl sites for hydroxylation is 1. The Morgan fingerprint density at radius 1 is 1.30 bits per heavy atom.